The van der Waals surface area contributed by atoms with E-state index < -0.39 is 32.7 Å². The van der Waals surface area contributed by atoms with Crippen LogP contribution in [0.5, 0.6) is 0 Å². The Bertz CT molecular complexity index is 1070. The molecule has 0 saturated carbocycles. The molecule has 0 fully saturated rings. The number of phosphoric acid groups is 1. The third kappa shape index (κ3) is 36.9. The van der Waals surface area contributed by atoms with Crippen molar-refractivity contribution in [2.45, 2.75) is 167 Å². The number of likely N-dealkylation sites (N-methyl/N-ethyl adjacent to an activating group) is 1. The Morgan fingerprint density at radius 2 is 1.25 bits per heavy atom. The van der Waals surface area contributed by atoms with E-state index in [1.54, 1.807) is 6.08 Å². The van der Waals surface area contributed by atoms with Crippen LogP contribution in [0, 0.1) is 0 Å². The molecule has 0 aliphatic heterocycles. The molecular weight excluding hydrogens is 687 g/mol. The van der Waals surface area contributed by atoms with Crippen molar-refractivity contribution in [3.8, 4) is 0 Å². The van der Waals surface area contributed by atoms with Gasteiger partial charge in [0.05, 0.1) is 46.0 Å². The largest absolute Gasteiger partial charge is 0.756 e. The molecule has 10 heteroatoms. The fourth-order valence-corrected chi connectivity index (χ4v) is 6.26. The van der Waals surface area contributed by atoms with Crippen molar-refractivity contribution in [1.82, 2.24) is 5.32 Å². The lowest BCUT2D eigenvalue weighted by atomic mass is 10.0. The monoisotopic (exact) mass is 767 g/mol. The lowest BCUT2D eigenvalue weighted by molar-refractivity contribution is -0.870. The molecule has 2 unspecified atom stereocenters. The number of unbranched alkanes of at least 4 members (excludes halogenated alkanes) is 12. The first-order chi connectivity index (χ1) is 25.4. The molecule has 0 aromatic heterocycles. The number of aliphatic hydroxyl groups excluding tert-OH is 2. The SMILES string of the molecule is CC/C=C\C/C=C\C/C=C\C/C=C\C=C\C(O)CCCC(=O)N[C@@H](COP(=O)([O-])OCC[N+](C)(C)C)[C@H](O)CCCCCCCCCCCCCCC. The number of amides is 1. The van der Waals surface area contributed by atoms with Gasteiger partial charge in [0.15, 0.2) is 0 Å². The molecule has 0 saturated heterocycles. The quantitative estimate of drug-likeness (QED) is 0.0191. The van der Waals surface area contributed by atoms with Gasteiger partial charge in [0.1, 0.15) is 13.2 Å². The fraction of sp³-hybridized carbons (Fsp3) is 0.744. The molecule has 3 N–H and O–H groups in total. The van der Waals surface area contributed by atoms with E-state index >= 15 is 0 Å². The molecule has 0 aliphatic rings. The maximum absolute atomic E-state index is 12.8. The second kappa shape index (κ2) is 34.6. The maximum Gasteiger partial charge on any atom is 0.268 e. The van der Waals surface area contributed by atoms with Crippen molar-refractivity contribution >= 4 is 13.7 Å². The predicted octanol–water partition coefficient (Wildman–Crippen LogP) is 9.41. The van der Waals surface area contributed by atoms with Crippen LogP contribution < -0.4 is 10.2 Å². The van der Waals surface area contributed by atoms with Crippen molar-refractivity contribution < 1.29 is 38.0 Å². The first-order valence-corrected chi connectivity index (χ1v) is 22.2. The van der Waals surface area contributed by atoms with Gasteiger partial charge >= 0.3 is 0 Å². The summed E-state index contributed by atoms with van der Waals surface area (Å²) in [5.74, 6) is -0.329. The first-order valence-electron chi connectivity index (χ1n) is 20.7. The highest BCUT2D eigenvalue weighted by molar-refractivity contribution is 7.45. The molecule has 308 valence electrons. The minimum absolute atomic E-state index is 0.0259. The summed E-state index contributed by atoms with van der Waals surface area (Å²) < 4.78 is 23.1. The highest BCUT2D eigenvalue weighted by Crippen LogP contribution is 2.38. The molecule has 4 atom stereocenters. The molecule has 9 nitrogen and oxygen atoms in total. The van der Waals surface area contributed by atoms with E-state index in [9.17, 15) is 24.5 Å². The molecule has 53 heavy (non-hydrogen) atoms. The Labute approximate surface area is 324 Å². The second-order valence-electron chi connectivity index (χ2n) is 15.2. The first kappa shape index (κ1) is 51.2. The summed E-state index contributed by atoms with van der Waals surface area (Å²) in [6, 6.07) is -0.896. The zero-order valence-corrected chi connectivity index (χ0v) is 35.2. The highest BCUT2D eigenvalue weighted by Gasteiger charge is 2.24. The average Bonchev–Trinajstić information content (AvgIpc) is 3.09. The van der Waals surface area contributed by atoms with Gasteiger partial charge in [-0.05, 0) is 44.9 Å². The normalized spacial score (nSPS) is 15.7. The molecule has 0 bridgehead atoms. The van der Waals surface area contributed by atoms with Crippen molar-refractivity contribution in [2.75, 3.05) is 40.9 Å². The van der Waals surface area contributed by atoms with E-state index in [0.717, 1.165) is 44.9 Å². The van der Waals surface area contributed by atoms with Gasteiger partial charge in [-0.25, -0.2) is 0 Å². The van der Waals surface area contributed by atoms with E-state index in [1.807, 2.05) is 39.4 Å². The molecule has 1 amide bonds. The molecule has 0 aliphatic carbocycles. The van der Waals surface area contributed by atoms with Gasteiger partial charge in [0.25, 0.3) is 7.82 Å². The summed E-state index contributed by atoms with van der Waals surface area (Å²) in [6.45, 7) is 4.41. The van der Waals surface area contributed by atoms with Crippen molar-refractivity contribution in [2.24, 2.45) is 0 Å². The number of hydrogen-bond acceptors (Lipinski definition) is 7. The minimum atomic E-state index is -4.62. The van der Waals surface area contributed by atoms with Crippen LogP contribution in [0.15, 0.2) is 60.8 Å². The summed E-state index contributed by atoms with van der Waals surface area (Å²) in [5, 5.41) is 24.1. The van der Waals surface area contributed by atoms with Gasteiger partial charge in [-0.2, -0.15) is 0 Å². The topological polar surface area (TPSA) is 128 Å². The zero-order valence-electron chi connectivity index (χ0n) is 34.3. The zero-order chi connectivity index (χ0) is 39.5. The van der Waals surface area contributed by atoms with E-state index in [2.05, 4.69) is 55.6 Å². The van der Waals surface area contributed by atoms with E-state index in [4.69, 9.17) is 9.05 Å². The van der Waals surface area contributed by atoms with Gasteiger partial charge in [-0.15, -0.1) is 0 Å². The van der Waals surface area contributed by atoms with Crippen molar-refractivity contribution in [3.63, 3.8) is 0 Å². The fourth-order valence-electron chi connectivity index (χ4n) is 5.54. The van der Waals surface area contributed by atoms with Gasteiger partial charge in [-0.1, -0.05) is 158 Å². The summed E-state index contributed by atoms with van der Waals surface area (Å²) >= 11 is 0. The third-order valence-corrected chi connectivity index (χ3v) is 9.84. The number of aliphatic hydroxyl groups is 2. The third-order valence-electron chi connectivity index (χ3n) is 8.87. The smallest absolute Gasteiger partial charge is 0.268 e. The van der Waals surface area contributed by atoms with Gasteiger partial charge < -0.3 is 34.0 Å². The Kier molecular flexibility index (Phi) is 33.4. The highest BCUT2D eigenvalue weighted by atomic mass is 31.2. The van der Waals surface area contributed by atoms with Crippen LogP contribution >= 0.6 is 7.82 Å². The molecule has 0 aromatic rings. The standard InChI is InChI=1S/C43H79N2O7P/c1-6-8-10-12-14-16-18-20-22-24-26-28-30-33-40(46)34-32-36-43(48)44-41(39-52-53(49,50)51-38-37-45(3,4)5)42(47)35-31-29-27-25-23-21-19-17-15-13-11-9-7-2/h8,10,14,16,20,22,26,28,30,33,40-42,46-47H,6-7,9,11-13,15,17-19,21,23-25,27,29,31-32,34-39H2,1-5H3,(H-,44,48,49,50)/b10-8-,16-14-,22-20-,28-26-,33-30+/t40?,41-,42+/m0/s1. The summed E-state index contributed by atoms with van der Waals surface area (Å²) in [7, 11) is 1.17. The number of allylic oxidation sites excluding steroid dienone is 9. The minimum Gasteiger partial charge on any atom is -0.756 e. The second-order valence-corrected chi connectivity index (χ2v) is 16.6. The van der Waals surface area contributed by atoms with Crippen molar-refractivity contribution in [3.05, 3.63) is 60.8 Å². The Morgan fingerprint density at radius 3 is 1.79 bits per heavy atom. The summed E-state index contributed by atoms with van der Waals surface area (Å²) in [4.78, 5) is 25.3. The van der Waals surface area contributed by atoms with Crippen LogP contribution in [0.25, 0.3) is 0 Å². The number of quaternary nitrogens is 1. The maximum atomic E-state index is 12.8. The van der Waals surface area contributed by atoms with Crippen LogP contribution in [0.2, 0.25) is 0 Å². The van der Waals surface area contributed by atoms with Crippen molar-refractivity contribution in [1.29, 1.82) is 0 Å². The number of rotatable bonds is 36. The molecule has 0 radical (unpaired) electrons. The number of carbonyl (C=O) groups excluding carboxylic acids is 1. The number of hydrogen-bond donors (Lipinski definition) is 3. The molecular formula is C43H79N2O7P. The lowest BCUT2D eigenvalue weighted by Gasteiger charge is -2.30. The molecule has 0 rings (SSSR count). The Morgan fingerprint density at radius 1 is 0.717 bits per heavy atom. The van der Waals surface area contributed by atoms with E-state index in [1.165, 1.54) is 64.2 Å². The Hall–Kier alpha value is -1.84. The molecule has 0 heterocycles. The Balaban J connectivity index is 4.65. The summed E-state index contributed by atoms with van der Waals surface area (Å²) in [6.07, 6.45) is 39.6. The van der Waals surface area contributed by atoms with Crippen LogP contribution in [0.1, 0.15) is 149 Å². The van der Waals surface area contributed by atoms with Crippen LogP contribution in [0.4, 0.5) is 0 Å². The number of phosphoric ester groups is 1. The van der Waals surface area contributed by atoms with Gasteiger partial charge in [0, 0.05) is 6.42 Å². The summed E-state index contributed by atoms with van der Waals surface area (Å²) in [5.41, 5.74) is 0. The number of carbonyl (C=O) groups is 1. The number of nitrogens with zero attached hydrogens (tertiary/aromatic N) is 1. The van der Waals surface area contributed by atoms with E-state index in [-0.39, 0.29) is 18.9 Å². The predicted molar refractivity (Wildman–Crippen MR) is 220 cm³/mol. The molecule has 0 aromatic carbocycles. The lowest BCUT2D eigenvalue weighted by Crippen LogP contribution is -2.46. The van der Waals surface area contributed by atoms with Gasteiger partial charge in [0.2, 0.25) is 5.91 Å². The van der Waals surface area contributed by atoms with Gasteiger partial charge in [-0.3, -0.25) is 9.36 Å². The average molecular weight is 767 g/mol. The van der Waals surface area contributed by atoms with Crippen LogP contribution in [0.3, 0.4) is 0 Å². The van der Waals surface area contributed by atoms with Crippen LogP contribution in [-0.4, -0.2) is 79.8 Å². The van der Waals surface area contributed by atoms with E-state index in [0.29, 0.717) is 30.3 Å². The van der Waals surface area contributed by atoms with Crippen LogP contribution in [-0.2, 0) is 18.4 Å². The number of nitrogens with one attached hydrogen (secondary N) is 1. The molecule has 0 spiro atoms.